The van der Waals surface area contributed by atoms with Crippen molar-refractivity contribution in [2.45, 2.75) is 13.8 Å². The zero-order valence-corrected chi connectivity index (χ0v) is 8.89. The Morgan fingerprint density at radius 1 is 1.29 bits per heavy atom. The van der Waals surface area contributed by atoms with Crippen molar-refractivity contribution in [3.05, 3.63) is 34.5 Å². The van der Waals surface area contributed by atoms with E-state index in [0.717, 1.165) is 22.2 Å². The van der Waals surface area contributed by atoms with Crippen molar-refractivity contribution in [2.24, 2.45) is 0 Å². The molecule has 0 aliphatic carbocycles. The van der Waals surface area contributed by atoms with Crippen LogP contribution in [0.4, 0.5) is 5.69 Å². The molecule has 0 fully saturated rings. The molecule has 0 radical (unpaired) electrons. The molecule has 2 aromatic rings. The van der Waals surface area contributed by atoms with Crippen LogP contribution in [0.15, 0.2) is 18.2 Å². The number of halogens is 1. The van der Waals surface area contributed by atoms with Crippen molar-refractivity contribution >= 4 is 28.2 Å². The van der Waals surface area contributed by atoms with Crippen LogP contribution in [0, 0.1) is 13.8 Å². The van der Waals surface area contributed by atoms with Gasteiger partial charge in [-0.2, -0.15) is 0 Å². The second-order valence-corrected chi connectivity index (χ2v) is 3.85. The van der Waals surface area contributed by atoms with Crippen molar-refractivity contribution in [3.63, 3.8) is 0 Å². The van der Waals surface area contributed by atoms with Crippen LogP contribution in [0.3, 0.4) is 0 Å². The van der Waals surface area contributed by atoms with E-state index in [1.54, 1.807) is 0 Å². The van der Waals surface area contributed by atoms with Crippen molar-refractivity contribution in [1.29, 1.82) is 0 Å². The van der Waals surface area contributed by atoms with Crippen molar-refractivity contribution < 1.29 is 0 Å². The highest BCUT2D eigenvalue weighted by molar-refractivity contribution is 6.36. The zero-order valence-electron chi connectivity index (χ0n) is 8.13. The third-order valence-corrected chi connectivity index (χ3v) is 2.59. The lowest BCUT2D eigenvalue weighted by atomic mass is 10.1. The monoisotopic (exact) mass is 206 g/mol. The Morgan fingerprint density at radius 2 is 2.00 bits per heavy atom. The lowest BCUT2D eigenvalue weighted by Gasteiger charge is -2.07. The first kappa shape index (κ1) is 9.28. The van der Waals surface area contributed by atoms with Crippen LogP contribution in [0.5, 0.6) is 0 Å². The maximum absolute atomic E-state index is 6.07. The summed E-state index contributed by atoms with van der Waals surface area (Å²) in [4.78, 5) is 4.43. The van der Waals surface area contributed by atoms with E-state index in [1.165, 1.54) is 0 Å². The third kappa shape index (κ3) is 1.32. The first-order valence-corrected chi connectivity index (χ1v) is 4.79. The quantitative estimate of drug-likeness (QED) is 0.720. The maximum Gasteiger partial charge on any atom is 0.0770 e. The molecular weight excluding hydrogens is 196 g/mol. The van der Waals surface area contributed by atoms with E-state index < -0.39 is 0 Å². The normalized spacial score (nSPS) is 10.8. The Balaban J connectivity index is 3.00. The summed E-state index contributed by atoms with van der Waals surface area (Å²) < 4.78 is 0. The molecule has 0 saturated heterocycles. The minimum absolute atomic E-state index is 0.663. The smallest absolute Gasteiger partial charge is 0.0770 e. The van der Waals surface area contributed by atoms with Crippen LogP contribution in [-0.4, -0.2) is 4.98 Å². The van der Waals surface area contributed by atoms with Crippen molar-refractivity contribution in [3.8, 4) is 0 Å². The molecule has 0 bridgehead atoms. The zero-order chi connectivity index (χ0) is 10.3. The highest BCUT2D eigenvalue weighted by Gasteiger charge is 2.07. The number of fused-ring (bicyclic) bond motifs is 1. The van der Waals surface area contributed by atoms with Gasteiger partial charge in [0.15, 0.2) is 0 Å². The molecule has 0 spiro atoms. The second kappa shape index (κ2) is 3.14. The number of hydrogen-bond donors (Lipinski definition) is 1. The molecule has 0 atom stereocenters. The fourth-order valence-electron chi connectivity index (χ4n) is 1.60. The van der Waals surface area contributed by atoms with Crippen LogP contribution >= 0.6 is 11.6 Å². The molecule has 2 nitrogen and oxygen atoms in total. The SMILES string of the molecule is Cc1cc(N)c2c(Cl)ccc(C)c2n1. The van der Waals surface area contributed by atoms with E-state index in [-0.39, 0.29) is 0 Å². The molecule has 2 rings (SSSR count). The summed E-state index contributed by atoms with van der Waals surface area (Å²) in [6.45, 7) is 3.93. The van der Waals surface area contributed by atoms with E-state index in [4.69, 9.17) is 17.3 Å². The first-order valence-electron chi connectivity index (χ1n) is 4.41. The summed E-state index contributed by atoms with van der Waals surface area (Å²) >= 11 is 6.07. The summed E-state index contributed by atoms with van der Waals surface area (Å²) in [5.74, 6) is 0. The molecule has 1 aromatic heterocycles. The number of nitrogens with two attached hydrogens (primary N) is 1. The van der Waals surface area contributed by atoms with E-state index in [0.29, 0.717) is 10.7 Å². The first-order chi connectivity index (χ1) is 6.59. The van der Waals surface area contributed by atoms with Crippen LogP contribution in [0.2, 0.25) is 5.02 Å². The predicted octanol–water partition coefficient (Wildman–Crippen LogP) is 3.09. The Labute approximate surface area is 87.7 Å². The molecule has 72 valence electrons. The van der Waals surface area contributed by atoms with Gasteiger partial charge in [0, 0.05) is 16.8 Å². The Morgan fingerprint density at radius 3 is 2.71 bits per heavy atom. The van der Waals surface area contributed by atoms with Gasteiger partial charge in [-0.1, -0.05) is 17.7 Å². The minimum Gasteiger partial charge on any atom is -0.398 e. The molecular formula is C11H11ClN2. The van der Waals surface area contributed by atoms with E-state index in [9.17, 15) is 0 Å². The number of hydrogen-bond acceptors (Lipinski definition) is 2. The molecule has 1 aromatic carbocycles. The van der Waals surface area contributed by atoms with Gasteiger partial charge in [0.2, 0.25) is 0 Å². The molecule has 0 saturated carbocycles. The number of aromatic nitrogens is 1. The number of benzene rings is 1. The summed E-state index contributed by atoms with van der Waals surface area (Å²) in [6.07, 6.45) is 0. The lowest BCUT2D eigenvalue weighted by molar-refractivity contribution is 1.24. The fraction of sp³-hybridized carbons (Fsp3) is 0.182. The lowest BCUT2D eigenvalue weighted by Crippen LogP contribution is -1.94. The van der Waals surface area contributed by atoms with E-state index in [2.05, 4.69) is 4.98 Å². The van der Waals surface area contributed by atoms with Gasteiger partial charge in [-0.3, -0.25) is 4.98 Å². The summed E-state index contributed by atoms with van der Waals surface area (Å²) in [5.41, 5.74) is 9.51. The summed E-state index contributed by atoms with van der Waals surface area (Å²) in [6, 6.07) is 5.65. The van der Waals surface area contributed by atoms with Gasteiger partial charge in [-0.05, 0) is 31.5 Å². The predicted molar refractivity (Wildman–Crippen MR) is 60.6 cm³/mol. The topological polar surface area (TPSA) is 38.9 Å². The van der Waals surface area contributed by atoms with Crippen LogP contribution in [0.25, 0.3) is 10.9 Å². The number of anilines is 1. The van der Waals surface area contributed by atoms with Crippen molar-refractivity contribution in [1.82, 2.24) is 4.98 Å². The molecule has 0 aliphatic heterocycles. The Hall–Kier alpha value is -1.28. The molecule has 2 N–H and O–H groups in total. The number of rotatable bonds is 0. The standard InChI is InChI=1S/C11H11ClN2/c1-6-3-4-8(12)10-9(13)5-7(2)14-11(6)10/h3-5H,1-2H3,(H2,13,14). The Bertz CT molecular complexity index is 506. The third-order valence-electron chi connectivity index (χ3n) is 2.27. The summed E-state index contributed by atoms with van der Waals surface area (Å²) in [5, 5.41) is 1.52. The van der Waals surface area contributed by atoms with Gasteiger partial charge in [-0.15, -0.1) is 0 Å². The van der Waals surface area contributed by atoms with Crippen molar-refractivity contribution in [2.75, 3.05) is 5.73 Å². The van der Waals surface area contributed by atoms with Gasteiger partial charge in [0.05, 0.1) is 10.5 Å². The maximum atomic E-state index is 6.07. The summed E-state index contributed by atoms with van der Waals surface area (Å²) in [7, 11) is 0. The number of nitrogens with zero attached hydrogens (tertiary/aromatic N) is 1. The molecule has 0 amide bonds. The van der Waals surface area contributed by atoms with E-state index in [1.807, 2.05) is 32.0 Å². The van der Waals surface area contributed by atoms with Crippen LogP contribution in [0.1, 0.15) is 11.3 Å². The molecule has 0 unspecified atom stereocenters. The molecule has 14 heavy (non-hydrogen) atoms. The van der Waals surface area contributed by atoms with Crippen LogP contribution in [-0.2, 0) is 0 Å². The highest BCUT2D eigenvalue weighted by atomic mass is 35.5. The number of pyridine rings is 1. The van der Waals surface area contributed by atoms with Gasteiger partial charge in [0.1, 0.15) is 0 Å². The average Bonchev–Trinajstić information content (AvgIpc) is 2.10. The average molecular weight is 207 g/mol. The number of aryl methyl sites for hydroxylation is 2. The molecule has 0 aliphatic rings. The Kier molecular flexibility index (Phi) is 2.08. The van der Waals surface area contributed by atoms with E-state index >= 15 is 0 Å². The fourth-order valence-corrected chi connectivity index (χ4v) is 1.86. The van der Waals surface area contributed by atoms with Gasteiger partial charge in [0.25, 0.3) is 0 Å². The highest BCUT2D eigenvalue weighted by Crippen LogP contribution is 2.29. The minimum atomic E-state index is 0.663. The largest absolute Gasteiger partial charge is 0.398 e. The molecule has 3 heteroatoms. The second-order valence-electron chi connectivity index (χ2n) is 3.44. The molecule has 1 heterocycles. The van der Waals surface area contributed by atoms with Gasteiger partial charge in [-0.25, -0.2) is 0 Å². The van der Waals surface area contributed by atoms with Gasteiger partial charge >= 0.3 is 0 Å². The van der Waals surface area contributed by atoms with Crippen LogP contribution < -0.4 is 5.73 Å². The van der Waals surface area contributed by atoms with Gasteiger partial charge < -0.3 is 5.73 Å². The number of nitrogen functional groups attached to an aromatic ring is 1.